The molecule has 13 heavy (non-hydrogen) atoms. The van der Waals surface area contributed by atoms with E-state index in [1.807, 2.05) is 0 Å². The van der Waals surface area contributed by atoms with Crippen LogP contribution < -0.4 is 0 Å². The maximum Gasteiger partial charge on any atom is -0.0500 e. The van der Waals surface area contributed by atoms with Crippen molar-refractivity contribution < 1.29 is 0 Å². The second kappa shape index (κ2) is 52.6. The molecule has 0 aliphatic rings. The minimum atomic E-state index is 0. The van der Waals surface area contributed by atoms with Gasteiger partial charge in [-0.1, -0.05) is 7.96 Å². The van der Waals surface area contributed by atoms with E-state index < -0.39 is 0 Å². The lowest BCUT2D eigenvalue weighted by atomic mass is 29.2. The van der Waals surface area contributed by atoms with Gasteiger partial charge in [0.05, 0.1) is 0 Å². The lowest BCUT2D eigenvalue weighted by Crippen LogP contribution is -0.870. The Morgan fingerprint density at radius 2 is 0.692 bits per heavy atom. The quantitative estimate of drug-likeness (QED) is 0.499. The van der Waals surface area contributed by atoms with Gasteiger partial charge in [-0.2, -0.15) is 19.8 Å². The van der Waals surface area contributed by atoms with Gasteiger partial charge in [0.25, 0.3) is 0 Å². The zero-order valence-electron chi connectivity index (χ0n) is 7.56. The maximum absolute atomic E-state index is 2.65. The average Bonchev–Trinajstić information content (AvgIpc) is 1.96. The molecule has 0 aliphatic heterocycles. The average molecular weight is 428 g/mol. The fraction of sp³-hybridized carbons (Fsp3) is 0. The topological polar surface area (TPSA) is 0 Å². The monoisotopic (exact) mass is 428 g/mol. The molecule has 0 spiro atoms. The van der Waals surface area contributed by atoms with Gasteiger partial charge in [-0.25, -0.2) is 0 Å². The van der Waals surface area contributed by atoms with Crippen molar-refractivity contribution in [2.45, 2.75) is 0 Å². The molecule has 0 fully saturated rings. The molecule has 90 valence electrons. The van der Waals surface area contributed by atoms with Crippen LogP contribution >= 0.6 is 115 Å². The zero-order valence-corrected chi connectivity index (χ0v) is 22.7. The summed E-state index contributed by atoms with van der Waals surface area (Å²) >= 11 is 0. The minimum Gasteiger partial charge on any atom is -0.153 e. The van der Waals surface area contributed by atoms with Crippen molar-refractivity contribution in [1.82, 2.24) is 0 Å². The SMILES string of the molecule is P.P.PP.PP.PP(P)P.PPP. The Balaban J connectivity index is -0.0000000125. The third-order valence-corrected chi connectivity index (χ3v) is 0. The molecule has 0 aromatic carbocycles. The molecule has 0 aliphatic carbocycles. The predicted octanol–water partition coefficient (Wildman–Crippen LogP) is 4.50. The van der Waals surface area contributed by atoms with Crippen molar-refractivity contribution in [3.63, 3.8) is 0 Å². The summed E-state index contributed by atoms with van der Waals surface area (Å²) in [5, 5.41) is 0. The van der Waals surface area contributed by atoms with Gasteiger partial charge in [0.15, 0.2) is 0 Å². The summed E-state index contributed by atoms with van der Waals surface area (Å²) in [4.78, 5) is 0. The van der Waals surface area contributed by atoms with Crippen LogP contribution in [0.1, 0.15) is 0 Å². The van der Waals surface area contributed by atoms with Crippen molar-refractivity contribution in [2.75, 3.05) is 0 Å². The Morgan fingerprint density at radius 3 is 0.692 bits per heavy atom. The first-order valence-electron chi connectivity index (χ1n) is 2.02. The van der Waals surface area contributed by atoms with Crippen LogP contribution in [0.5, 0.6) is 0 Å². The van der Waals surface area contributed by atoms with Crippen LogP contribution in [0.2, 0.25) is 0 Å². The number of hydrogen-bond acceptors (Lipinski definition) is 0. The normalized spacial score (nSPS) is 5.08. The molecule has 0 amide bonds. The molecule has 0 nitrogen and oxygen atoms in total. The molecular formula is H25P13. The first-order chi connectivity index (χ1) is 5.15. The standard InChI is InChI=1S/H6P4.H5P3.2H4P2.2H3P/c1-4(2)3;1-3-2;2*1-2;;/h1-3H2;3H,1-2H2;2*1-2H2;2*1H3. The molecule has 0 saturated carbocycles. The Hall–Kier alpha value is 5.59. The third-order valence-electron chi connectivity index (χ3n) is 0. The highest BCUT2D eigenvalue weighted by atomic mass is 32.7. The van der Waals surface area contributed by atoms with Gasteiger partial charge in [0.1, 0.15) is 0 Å². The van der Waals surface area contributed by atoms with Crippen LogP contribution in [-0.4, -0.2) is 0 Å². The van der Waals surface area contributed by atoms with Gasteiger partial charge in [-0.3, -0.25) is 0 Å². The summed E-state index contributed by atoms with van der Waals surface area (Å²) in [6.45, 7) is 0.130. The molecule has 0 saturated heterocycles. The minimum absolute atomic E-state index is 0. The van der Waals surface area contributed by atoms with Gasteiger partial charge < -0.3 is 0 Å². The van der Waals surface area contributed by atoms with E-state index in [9.17, 15) is 0 Å². The van der Waals surface area contributed by atoms with Crippen LogP contribution in [0.15, 0.2) is 0 Å². The highest BCUT2D eigenvalue weighted by Gasteiger charge is 1.66. The van der Waals surface area contributed by atoms with Crippen LogP contribution in [0.4, 0.5) is 0 Å². The zero-order chi connectivity index (χ0) is 10.3. The van der Waals surface area contributed by atoms with Crippen LogP contribution in [0.3, 0.4) is 0 Å². The van der Waals surface area contributed by atoms with Gasteiger partial charge >= 0.3 is 0 Å². The molecule has 0 radical (unpaired) electrons. The van der Waals surface area contributed by atoms with E-state index in [1.54, 1.807) is 0 Å². The molecule has 11 atom stereocenters. The summed E-state index contributed by atoms with van der Waals surface area (Å²) < 4.78 is 0. The summed E-state index contributed by atoms with van der Waals surface area (Å²) in [6.07, 6.45) is 0. The van der Waals surface area contributed by atoms with E-state index in [0.717, 1.165) is 7.96 Å². The second-order valence-corrected chi connectivity index (χ2v) is 16.6. The lowest BCUT2D eigenvalue weighted by molar-refractivity contribution is 5.19. The fourth-order valence-corrected chi connectivity index (χ4v) is 0. The van der Waals surface area contributed by atoms with E-state index >= 15 is 0 Å². The molecule has 0 rings (SSSR count). The second-order valence-electron chi connectivity index (χ2n) is 0.614. The molecule has 0 bridgehead atoms. The van der Waals surface area contributed by atoms with Gasteiger partial charge in [0, 0.05) is 0 Å². The van der Waals surface area contributed by atoms with E-state index in [4.69, 9.17) is 0 Å². The van der Waals surface area contributed by atoms with E-state index in [2.05, 4.69) is 80.4 Å². The van der Waals surface area contributed by atoms with Crippen molar-refractivity contribution >= 4 is 115 Å². The molecule has 0 heterocycles. The van der Waals surface area contributed by atoms with Crippen LogP contribution in [-0.2, 0) is 0 Å². The Bertz CT molecular complexity index is 11.2. The number of hydrogen-bond donors (Lipinski definition) is 0. The maximum atomic E-state index is 2.65. The largest absolute Gasteiger partial charge is 0.153 e. The Morgan fingerprint density at radius 1 is 0.692 bits per heavy atom. The highest BCUT2D eigenvalue weighted by molar-refractivity contribution is 8.65. The van der Waals surface area contributed by atoms with E-state index in [-0.39, 0.29) is 26.8 Å². The van der Waals surface area contributed by atoms with Gasteiger partial charge in [-0.05, 0) is 6.99 Å². The van der Waals surface area contributed by atoms with Gasteiger partial charge in [-0.15, -0.1) is 80.4 Å². The Labute approximate surface area is 115 Å². The molecule has 13 heteroatoms. The molecule has 0 aromatic heterocycles. The predicted molar refractivity (Wildman–Crippen MR) is 125 cm³/mol. The van der Waals surface area contributed by atoms with Crippen LogP contribution in [0.25, 0.3) is 0 Å². The molecular weight excluding hydrogens is 403 g/mol. The summed E-state index contributed by atoms with van der Waals surface area (Å²) in [7, 11) is 23.3. The van der Waals surface area contributed by atoms with Crippen LogP contribution in [0, 0.1) is 0 Å². The van der Waals surface area contributed by atoms with E-state index in [1.165, 1.54) is 0 Å². The smallest absolute Gasteiger partial charge is 0.0500 e. The Kier molecular flexibility index (Phi) is 147. The molecule has 11 unspecified atom stereocenters. The van der Waals surface area contributed by atoms with Crippen molar-refractivity contribution in [3.8, 4) is 0 Å². The fourth-order valence-electron chi connectivity index (χ4n) is 0. The van der Waals surface area contributed by atoms with Crippen molar-refractivity contribution in [1.29, 1.82) is 0 Å². The summed E-state index contributed by atoms with van der Waals surface area (Å²) in [5.74, 6) is 0. The number of rotatable bonds is 0. The first-order valence-corrected chi connectivity index (χ1v) is 18.2. The summed E-state index contributed by atoms with van der Waals surface area (Å²) in [5.41, 5.74) is 0. The molecule has 0 N–H and O–H groups in total. The van der Waals surface area contributed by atoms with E-state index in [0.29, 0.717) is 0 Å². The third kappa shape index (κ3) is 137. The first kappa shape index (κ1) is 36.3. The van der Waals surface area contributed by atoms with Gasteiger partial charge in [0.2, 0.25) is 0 Å². The lowest BCUT2D eigenvalue weighted by Gasteiger charge is -1.81. The summed E-state index contributed by atoms with van der Waals surface area (Å²) in [6, 6.07) is 0. The highest BCUT2D eigenvalue weighted by Crippen LogP contribution is 2.59. The van der Waals surface area contributed by atoms with Crippen molar-refractivity contribution in [3.05, 3.63) is 0 Å². The molecule has 0 aromatic rings. The van der Waals surface area contributed by atoms with Crippen molar-refractivity contribution in [2.24, 2.45) is 0 Å².